The van der Waals surface area contributed by atoms with Crippen molar-refractivity contribution >= 4 is 28.3 Å². The van der Waals surface area contributed by atoms with Crippen LogP contribution >= 0.6 is 0 Å². The number of fused-ring (bicyclic) bond motifs is 1. The van der Waals surface area contributed by atoms with Gasteiger partial charge in [0.05, 0.1) is 0 Å². The lowest BCUT2D eigenvalue weighted by molar-refractivity contribution is -0.132. The minimum absolute atomic E-state index is 0.108. The Hall–Kier alpha value is -2.63. The quantitative estimate of drug-likeness (QED) is 0.645. The molecule has 1 aromatic heterocycles. The van der Waals surface area contributed by atoms with Crippen LogP contribution in [0.1, 0.15) is 57.9 Å². The van der Waals surface area contributed by atoms with Crippen LogP contribution in [-0.2, 0) is 9.59 Å². The number of amides is 2. The van der Waals surface area contributed by atoms with Gasteiger partial charge in [0, 0.05) is 61.7 Å². The maximum atomic E-state index is 13.4. The topological polar surface area (TPSA) is 56.4 Å². The zero-order chi connectivity index (χ0) is 21.5. The minimum atomic E-state index is -0.253. The lowest BCUT2D eigenvalue weighted by Crippen LogP contribution is -2.35. The molecule has 1 N–H and O–H groups in total. The number of carbonyl (C=O) groups is 2. The van der Waals surface area contributed by atoms with Gasteiger partial charge in [-0.25, -0.2) is 4.39 Å². The van der Waals surface area contributed by atoms with Crippen molar-refractivity contribution in [1.29, 1.82) is 0 Å². The van der Waals surface area contributed by atoms with E-state index < -0.39 is 0 Å². The molecule has 0 fully saturated rings. The summed E-state index contributed by atoms with van der Waals surface area (Å²) in [5, 5.41) is 1.00. The van der Waals surface area contributed by atoms with Crippen molar-refractivity contribution in [2.24, 2.45) is 0 Å². The molecule has 0 saturated carbocycles. The van der Waals surface area contributed by atoms with Gasteiger partial charge in [-0.2, -0.15) is 0 Å². The maximum absolute atomic E-state index is 13.4. The van der Waals surface area contributed by atoms with Crippen LogP contribution < -0.4 is 0 Å². The molecule has 5 nitrogen and oxygen atoms in total. The first kappa shape index (κ1) is 22.1. The van der Waals surface area contributed by atoms with Crippen molar-refractivity contribution in [3.8, 4) is 0 Å². The monoisotopic (exact) mass is 413 g/mol. The van der Waals surface area contributed by atoms with Gasteiger partial charge in [0.2, 0.25) is 11.8 Å². The summed E-state index contributed by atoms with van der Waals surface area (Å²) in [6.07, 6.45) is 8.13. The van der Waals surface area contributed by atoms with Crippen molar-refractivity contribution < 1.29 is 14.0 Å². The highest BCUT2D eigenvalue weighted by Gasteiger charge is 2.20. The Morgan fingerprint density at radius 1 is 1.17 bits per heavy atom. The van der Waals surface area contributed by atoms with Crippen molar-refractivity contribution in [2.75, 3.05) is 26.2 Å². The van der Waals surface area contributed by atoms with E-state index in [2.05, 4.69) is 24.9 Å². The molecule has 3 rings (SSSR count). The zero-order valence-electron chi connectivity index (χ0n) is 18.0. The predicted octanol–water partition coefficient (Wildman–Crippen LogP) is 4.74. The number of carbonyl (C=O) groups excluding carboxylic acids is 2. The number of hydrogen-bond donors (Lipinski definition) is 1. The number of nitrogens with zero attached hydrogens (tertiary/aromatic N) is 2. The Morgan fingerprint density at radius 2 is 1.93 bits per heavy atom. The predicted molar refractivity (Wildman–Crippen MR) is 118 cm³/mol. The average molecular weight is 414 g/mol. The molecule has 1 aliphatic heterocycles. The molecule has 30 heavy (non-hydrogen) atoms. The van der Waals surface area contributed by atoms with E-state index in [1.165, 1.54) is 17.7 Å². The second-order valence-corrected chi connectivity index (χ2v) is 7.95. The summed E-state index contributed by atoms with van der Waals surface area (Å²) in [4.78, 5) is 31.8. The van der Waals surface area contributed by atoms with Gasteiger partial charge in [0.1, 0.15) is 5.82 Å². The number of aromatic nitrogens is 1. The number of nitrogens with one attached hydrogen (secondary N) is 1. The van der Waals surface area contributed by atoms with Gasteiger partial charge in [-0.05, 0) is 49.5 Å². The Bertz CT molecular complexity index is 912. The Balaban J connectivity index is 1.51. The molecule has 162 valence electrons. The lowest BCUT2D eigenvalue weighted by atomic mass is 9.98. The molecular formula is C24H32FN3O2. The summed E-state index contributed by atoms with van der Waals surface area (Å²) in [5.41, 5.74) is 3.05. The Labute approximate surface area is 177 Å². The first-order valence-corrected chi connectivity index (χ1v) is 11.0. The molecule has 0 unspecified atom stereocenters. The van der Waals surface area contributed by atoms with Crippen LogP contribution in [0.3, 0.4) is 0 Å². The summed E-state index contributed by atoms with van der Waals surface area (Å²) >= 11 is 0. The van der Waals surface area contributed by atoms with Crippen LogP contribution in [-0.4, -0.2) is 52.8 Å². The van der Waals surface area contributed by atoms with Gasteiger partial charge in [-0.1, -0.05) is 19.9 Å². The molecule has 0 aliphatic carbocycles. The molecule has 6 heteroatoms. The van der Waals surface area contributed by atoms with E-state index in [-0.39, 0.29) is 17.6 Å². The van der Waals surface area contributed by atoms with Crippen LogP contribution in [0.5, 0.6) is 0 Å². The second-order valence-electron chi connectivity index (χ2n) is 7.95. The molecule has 0 atom stereocenters. The van der Waals surface area contributed by atoms with E-state index in [4.69, 9.17) is 0 Å². The highest BCUT2D eigenvalue weighted by Crippen LogP contribution is 2.29. The normalized spacial score (nSPS) is 14.1. The standard InChI is InChI=1S/C24H32FN3O2/c1-3-12-27(13-4-2)23(29)6-5-7-24(30)28-14-10-18(11-15-28)21-17-26-22-16-19(25)8-9-20(21)22/h8-10,16-17,26H,3-7,11-15H2,1-2H3. The van der Waals surface area contributed by atoms with Crippen LogP contribution in [0.4, 0.5) is 4.39 Å². The third-order valence-electron chi connectivity index (χ3n) is 5.67. The summed E-state index contributed by atoms with van der Waals surface area (Å²) in [6.45, 7) is 6.98. The summed E-state index contributed by atoms with van der Waals surface area (Å²) in [7, 11) is 0. The van der Waals surface area contributed by atoms with E-state index in [0.29, 0.717) is 32.4 Å². The van der Waals surface area contributed by atoms with E-state index in [9.17, 15) is 14.0 Å². The second kappa shape index (κ2) is 10.4. The molecule has 2 aromatic rings. The van der Waals surface area contributed by atoms with Gasteiger partial charge >= 0.3 is 0 Å². The average Bonchev–Trinajstić information content (AvgIpc) is 3.16. The van der Waals surface area contributed by atoms with Crippen LogP contribution in [0.15, 0.2) is 30.5 Å². The molecule has 2 heterocycles. The molecule has 1 aliphatic rings. The fraction of sp³-hybridized carbons (Fsp3) is 0.500. The maximum Gasteiger partial charge on any atom is 0.222 e. The van der Waals surface area contributed by atoms with Gasteiger partial charge in [0.15, 0.2) is 0 Å². The van der Waals surface area contributed by atoms with Crippen molar-refractivity contribution in [3.05, 3.63) is 41.9 Å². The molecule has 0 spiro atoms. The largest absolute Gasteiger partial charge is 0.360 e. The molecule has 0 bridgehead atoms. The zero-order valence-corrected chi connectivity index (χ0v) is 18.0. The number of aromatic amines is 1. The Morgan fingerprint density at radius 3 is 2.60 bits per heavy atom. The van der Waals surface area contributed by atoms with Crippen molar-refractivity contribution in [2.45, 2.75) is 52.4 Å². The smallest absolute Gasteiger partial charge is 0.222 e. The van der Waals surface area contributed by atoms with Crippen molar-refractivity contribution in [3.63, 3.8) is 0 Å². The molecule has 1 aromatic carbocycles. The van der Waals surface area contributed by atoms with Crippen molar-refractivity contribution in [1.82, 2.24) is 14.8 Å². The van der Waals surface area contributed by atoms with Gasteiger partial charge < -0.3 is 14.8 Å². The van der Waals surface area contributed by atoms with E-state index in [0.717, 1.165) is 48.8 Å². The number of benzene rings is 1. The molecule has 0 radical (unpaired) electrons. The summed E-state index contributed by atoms with van der Waals surface area (Å²) in [5.74, 6) is 0.0102. The van der Waals surface area contributed by atoms with Crippen LogP contribution in [0.25, 0.3) is 16.5 Å². The minimum Gasteiger partial charge on any atom is -0.360 e. The van der Waals surface area contributed by atoms with Gasteiger partial charge in [-0.3, -0.25) is 9.59 Å². The van der Waals surface area contributed by atoms with Gasteiger partial charge in [-0.15, -0.1) is 0 Å². The first-order chi connectivity index (χ1) is 14.5. The van der Waals surface area contributed by atoms with E-state index in [1.807, 2.05) is 16.0 Å². The molecule has 0 saturated heterocycles. The van der Waals surface area contributed by atoms with Gasteiger partial charge in [0.25, 0.3) is 0 Å². The highest BCUT2D eigenvalue weighted by molar-refractivity contribution is 5.93. The fourth-order valence-corrected chi connectivity index (χ4v) is 4.11. The Kier molecular flexibility index (Phi) is 7.66. The molecular weight excluding hydrogens is 381 g/mol. The SMILES string of the molecule is CCCN(CCC)C(=O)CCCC(=O)N1CC=C(c2c[nH]c3cc(F)ccc23)CC1. The van der Waals surface area contributed by atoms with E-state index in [1.54, 1.807) is 6.07 Å². The first-order valence-electron chi connectivity index (χ1n) is 11.0. The fourth-order valence-electron chi connectivity index (χ4n) is 4.11. The number of halogens is 1. The third-order valence-corrected chi connectivity index (χ3v) is 5.67. The molecule has 2 amide bonds. The highest BCUT2D eigenvalue weighted by atomic mass is 19.1. The number of rotatable bonds is 9. The van der Waals surface area contributed by atoms with Crippen LogP contribution in [0, 0.1) is 5.82 Å². The number of H-pyrrole nitrogens is 1. The summed E-state index contributed by atoms with van der Waals surface area (Å²) < 4.78 is 13.4. The third kappa shape index (κ3) is 5.29. The summed E-state index contributed by atoms with van der Waals surface area (Å²) in [6, 6.07) is 4.77. The lowest BCUT2D eigenvalue weighted by Gasteiger charge is -2.27. The van der Waals surface area contributed by atoms with E-state index >= 15 is 0 Å². The number of hydrogen-bond acceptors (Lipinski definition) is 2. The van der Waals surface area contributed by atoms with Crippen LogP contribution in [0.2, 0.25) is 0 Å².